The van der Waals surface area contributed by atoms with Gasteiger partial charge in [0.05, 0.1) is 0 Å². The van der Waals surface area contributed by atoms with Crippen molar-refractivity contribution in [1.82, 2.24) is 0 Å². The molecule has 0 nitrogen and oxygen atoms in total. The van der Waals surface area contributed by atoms with Gasteiger partial charge in [0.15, 0.2) is 0 Å². The lowest BCUT2D eigenvalue weighted by molar-refractivity contribution is 1.50. The van der Waals surface area contributed by atoms with E-state index in [9.17, 15) is 0 Å². The Morgan fingerprint density at radius 1 is 0.750 bits per heavy atom. The molecule has 54 valence electrons. The molecule has 0 aromatic heterocycles. The van der Waals surface area contributed by atoms with Crippen molar-refractivity contribution in [3.8, 4) is 0 Å². The maximum atomic E-state index is 3.53. The molecule has 0 amide bonds. The maximum Gasteiger partial charge on any atom is -0.0215 e. The van der Waals surface area contributed by atoms with E-state index in [1.165, 1.54) is 0 Å². The summed E-state index contributed by atoms with van der Waals surface area (Å²) >= 11 is 3.53. The zero-order valence-electron chi connectivity index (χ0n) is 6.86. The van der Waals surface area contributed by atoms with Crippen LogP contribution in [0.1, 0.15) is 27.7 Å². The first-order valence-electron chi connectivity index (χ1n) is 2.95. The Labute approximate surface area is 60.4 Å². The van der Waals surface area contributed by atoms with Gasteiger partial charge >= 0.3 is 0 Å². The quantitative estimate of drug-likeness (QED) is 0.383. The molecule has 0 bridgehead atoms. The molecule has 0 atom stereocenters. The van der Waals surface area contributed by atoms with Crippen LogP contribution in [0.3, 0.4) is 0 Å². The van der Waals surface area contributed by atoms with Crippen molar-refractivity contribution in [2.75, 3.05) is 6.26 Å². The van der Waals surface area contributed by atoms with Gasteiger partial charge in [0.2, 0.25) is 0 Å². The Bertz CT molecular complexity index is 4.35. The first kappa shape index (κ1) is 24.3. The fraction of sp³-hybridized carbons (Fsp3) is 0.714. The molecule has 0 aromatic rings. The van der Waals surface area contributed by atoms with Crippen LogP contribution in [0.25, 0.3) is 0 Å². The third kappa shape index (κ3) is 19500. The van der Waals surface area contributed by atoms with E-state index >= 15 is 0 Å². The molecule has 0 spiro atoms. The minimum absolute atomic E-state index is 1.69. The van der Waals surface area contributed by atoms with Gasteiger partial charge in [-0.15, -0.1) is 13.2 Å². The monoisotopic (exact) mass is 136 g/mol. The molecule has 0 N–H and O–H groups in total. The molecule has 0 radical (unpaired) electrons. The fourth-order valence-electron chi connectivity index (χ4n) is 0. The van der Waals surface area contributed by atoms with Crippen molar-refractivity contribution in [1.29, 1.82) is 0 Å². The highest BCUT2D eigenvalue weighted by molar-refractivity contribution is 7.79. The Balaban J connectivity index is -0.0000000133. The molecule has 0 aliphatic heterocycles. The van der Waals surface area contributed by atoms with E-state index in [4.69, 9.17) is 0 Å². The van der Waals surface area contributed by atoms with Gasteiger partial charge in [0.1, 0.15) is 0 Å². The highest BCUT2D eigenvalue weighted by Crippen LogP contribution is 1.31. The van der Waals surface area contributed by atoms with Crippen molar-refractivity contribution in [3.05, 3.63) is 13.2 Å². The third-order valence-corrected chi connectivity index (χ3v) is 0. The van der Waals surface area contributed by atoms with Gasteiger partial charge in [-0.05, 0) is 6.26 Å². The number of thiol groups is 1. The molecule has 0 saturated heterocycles. The number of hydrogen-bond acceptors (Lipinski definition) is 1. The summed E-state index contributed by atoms with van der Waals surface area (Å²) < 4.78 is 0. The van der Waals surface area contributed by atoms with Gasteiger partial charge in [-0.25, -0.2) is 0 Å². The first-order chi connectivity index (χ1) is 4.00. The van der Waals surface area contributed by atoms with Gasteiger partial charge in [0.25, 0.3) is 0 Å². The summed E-state index contributed by atoms with van der Waals surface area (Å²) in [5.74, 6) is 0. The van der Waals surface area contributed by atoms with Crippen LogP contribution < -0.4 is 0 Å². The lowest BCUT2D eigenvalue weighted by Gasteiger charge is -1.11. The van der Waals surface area contributed by atoms with E-state index in [0.29, 0.717) is 0 Å². The molecule has 0 heterocycles. The lowest BCUT2D eigenvalue weighted by atomic mass is 11.0. The molecule has 0 unspecified atom stereocenters. The maximum absolute atomic E-state index is 3.53. The van der Waals surface area contributed by atoms with E-state index < -0.39 is 0 Å². The van der Waals surface area contributed by atoms with Crippen molar-refractivity contribution < 1.29 is 0 Å². The smallest absolute Gasteiger partial charge is 0.0215 e. The zero-order valence-corrected chi connectivity index (χ0v) is 7.76. The van der Waals surface area contributed by atoms with E-state index in [2.05, 4.69) is 25.8 Å². The highest BCUT2D eigenvalue weighted by atomic mass is 32.1. The summed E-state index contributed by atoms with van der Waals surface area (Å²) in [6, 6.07) is 0. The minimum Gasteiger partial charge on any atom is -0.183 e. The van der Waals surface area contributed by atoms with E-state index in [0.717, 1.165) is 0 Å². The summed E-state index contributed by atoms with van der Waals surface area (Å²) in [6.45, 7) is 14.0. The number of rotatable bonds is 0. The van der Waals surface area contributed by atoms with Crippen LogP contribution in [-0.4, -0.2) is 6.26 Å². The molecule has 0 rings (SSSR count). The van der Waals surface area contributed by atoms with Crippen LogP contribution in [0.5, 0.6) is 0 Å². The Hall–Kier alpha value is 0.0900. The summed E-state index contributed by atoms with van der Waals surface area (Å²) in [5, 5.41) is 0. The van der Waals surface area contributed by atoms with Gasteiger partial charge < -0.3 is 0 Å². The molecule has 0 saturated carbocycles. The van der Waals surface area contributed by atoms with Crippen molar-refractivity contribution in [3.63, 3.8) is 0 Å². The molecule has 0 aliphatic carbocycles. The van der Waals surface area contributed by atoms with E-state index in [-0.39, 0.29) is 0 Å². The van der Waals surface area contributed by atoms with Gasteiger partial charge in [0, 0.05) is 0 Å². The predicted octanol–water partition coefficient (Wildman–Crippen LogP) is 3.40. The molecule has 8 heavy (non-hydrogen) atoms. The molecule has 0 fully saturated rings. The minimum atomic E-state index is 1.69. The summed E-state index contributed by atoms with van der Waals surface area (Å²) in [4.78, 5) is 0. The second kappa shape index (κ2) is 32500. The molecule has 1 heteroatoms. The summed E-state index contributed by atoms with van der Waals surface area (Å²) in [5.41, 5.74) is 0. The van der Waals surface area contributed by atoms with Crippen LogP contribution in [-0.2, 0) is 0 Å². The normalized spacial score (nSPS) is 2.75. The van der Waals surface area contributed by atoms with Gasteiger partial charge in [-0.3, -0.25) is 0 Å². The van der Waals surface area contributed by atoms with Crippen molar-refractivity contribution in [2.45, 2.75) is 27.7 Å². The largest absolute Gasteiger partial charge is 0.183 e. The molecular weight excluding hydrogens is 116 g/mol. The Morgan fingerprint density at radius 3 is 0.750 bits per heavy atom. The van der Waals surface area contributed by atoms with E-state index in [1.54, 1.807) is 6.26 Å². The van der Waals surface area contributed by atoms with Crippen LogP contribution in [0.4, 0.5) is 0 Å². The van der Waals surface area contributed by atoms with E-state index in [1.807, 2.05) is 27.7 Å². The summed E-state index contributed by atoms with van der Waals surface area (Å²) in [7, 11) is 0. The van der Waals surface area contributed by atoms with Crippen LogP contribution >= 0.6 is 12.6 Å². The molecule has 0 aromatic carbocycles. The fourth-order valence-corrected chi connectivity index (χ4v) is 0. The van der Waals surface area contributed by atoms with Gasteiger partial charge in [-0.2, -0.15) is 12.6 Å². The number of hydrogen-bond donors (Lipinski definition) is 1. The average Bonchev–Trinajstić information content (AvgIpc) is 2.03. The first-order valence-corrected chi connectivity index (χ1v) is 3.84. The Morgan fingerprint density at radius 2 is 0.750 bits per heavy atom. The second-order valence-corrected chi connectivity index (χ2v) is 0. The SMILES string of the molecule is C=C.CC.CC.CS. The standard InChI is InChI=1S/2C2H6.C2H4.CH4S/c4*1-2/h2*1-2H3;1-2H2;2H,1H3. The zero-order chi connectivity index (χ0) is 8.00. The highest BCUT2D eigenvalue weighted by Gasteiger charge is 0.934. The van der Waals surface area contributed by atoms with Crippen LogP contribution in [0.2, 0.25) is 0 Å². The average molecular weight is 136 g/mol. The van der Waals surface area contributed by atoms with Crippen molar-refractivity contribution >= 4 is 12.6 Å². The molecule has 0 aliphatic rings. The third-order valence-electron chi connectivity index (χ3n) is 0. The summed E-state index contributed by atoms with van der Waals surface area (Å²) in [6.07, 6.45) is 1.69. The van der Waals surface area contributed by atoms with Gasteiger partial charge in [-0.1, -0.05) is 27.7 Å². The lowest BCUT2D eigenvalue weighted by Crippen LogP contribution is -0.865. The topological polar surface area (TPSA) is 0 Å². The Kier molecular flexibility index (Phi) is 98700. The van der Waals surface area contributed by atoms with Crippen LogP contribution in [0, 0.1) is 0 Å². The van der Waals surface area contributed by atoms with Crippen molar-refractivity contribution in [2.24, 2.45) is 0 Å². The van der Waals surface area contributed by atoms with Crippen LogP contribution in [0.15, 0.2) is 13.2 Å². The second-order valence-electron chi connectivity index (χ2n) is 0. The molecular formula is C7H20S. The predicted molar refractivity (Wildman–Crippen MR) is 48.9 cm³/mol.